The molecule has 0 aliphatic carbocycles. The Labute approximate surface area is 95.8 Å². The predicted octanol–water partition coefficient (Wildman–Crippen LogP) is 1.75. The van der Waals surface area contributed by atoms with E-state index in [0.29, 0.717) is 0 Å². The molecule has 4 nitrogen and oxygen atoms in total. The van der Waals surface area contributed by atoms with E-state index in [0.717, 1.165) is 6.07 Å². The Balaban J connectivity index is 3.21. The second kappa shape index (κ2) is 4.52. The third kappa shape index (κ3) is 3.54. The normalized spacial score (nSPS) is 11.1. The number of amides is 1. The van der Waals surface area contributed by atoms with E-state index < -0.39 is 18.0 Å². The Morgan fingerprint density at radius 2 is 1.94 bits per heavy atom. The van der Waals surface area contributed by atoms with Gasteiger partial charge in [0, 0.05) is 19.7 Å². The van der Waals surface area contributed by atoms with Crippen LogP contribution in [-0.4, -0.2) is 26.4 Å². The number of rotatable bonds is 3. The van der Waals surface area contributed by atoms with Crippen molar-refractivity contribution in [2.75, 3.05) is 19.0 Å². The molecule has 0 unspecified atom stereocenters. The van der Waals surface area contributed by atoms with Gasteiger partial charge < -0.3 is 15.4 Å². The van der Waals surface area contributed by atoms with Crippen molar-refractivity contribution < 1.29 is 22.7 Å². The first-order chi connectivity index (χ1) is 7.70. The number of ether oxygens (including phenoxy) is 1. The van der Waals surface area contributed by atoms with Crippen LogP contribution < -0.4 is 15.4 Å². The lowest BCUT2D eigenvalue weighted by Crippen LogP contribution is -2.21. The van der Waals surface area contributed by atoms with E-state index in [-0.39, 0.29) is 11.3 Å². The van der Waals surface area contributed by atoms with Gasteiger partial charge in [0.25, 0.3) is 0 Å². The molecular weight excluding hydrogens is 237 g/mol. The summed E-state index contributed by atoms with van der Waals surface area (Å²) in [7, 11) is 3.12. The van der Waals surface area contributed by atoms with Crippen LogP contribution in [0.2, 0.25) is 0 Å². The monoisotopic (exact) mass is 248 g/mol. The van der Waals surface area contributed by atoms with Crippen molar-refractivity contribution in [3.05, 3.63) is 23.8 Å². The maximum absolute atomic E-state index is 12.2. The van der Waals surface area contributed by atoms with E-state index in [2.05, 4.69) is 4.74 Å². The fraction of sp³-hybridized carbons (Fsp3) is 0.300. The summed E-state index contributed by atoms with van der Waals surface area (Å²) in [5.41, 5.74) is 5.14. The second-order valence-electron chi connectivity index (χ2n) is 3.49. The van der Waals surface area contributed by atoms with Crippen LogP contribution in [0.3, 0.4) is 0 Å². The molecule has 1 amide bonds. The van der Waals surface area contributed by atoms with Crippen molar-refractivity contribution in [1.82, 2.24) is 0 Å². The molecule has 0 aliphatic heterocycles. The highest BCUT2D eigenvalue weighted by atomic mass is 19.4. The van der Waals surface area contributed by atoms with Crippen LogP contribution in [0.25, 0.3) is 0 Å². The van der Waals surface area contributed by atoms with E-state index in [4.69, 9.17) is 5.73 Å². The third-order valence-corrected chi connectivity index (χ3v) is 1.95. The average molecular weight is 248 g/mol. The van der Waals surface area contributed by atoms with Gasteiger partial charge in [0.05, 0.1) is 5.69 Å². The molecule has 1 rings (SSSR count). The van der Waals surface area contributed by atoms with Gasteiger partial charge in [0.2, 0.25) is 5.91 Å². The first kappa shape index (κ1) is 13.1. The second-order valence-corrected chi connectivity index (χ2v) is 3.49. The van der Waals surface area contributed by atoms with E-state index in [1.165, 1.54) is 17.0 Å². The molecule has 0 saturated carbocycles. The minimum absolute atomic E-state index is 0.0464. The summed E-state index contributed by atoms with van der Waals surface area (Å²) >= 11 is 0. The van der Waals surface area contributed by atoms with Crippen molar-refractivity contribution in [2.45, 2.75) is 6.36 Å². The van der Waals surface area contributed by atoms with Gasteiger partial charge in [-0.05, 0) is 18.2 Å². The molecule has 0 aromatic heterocycles. The zero-order chi connectivity index (χ0) is 13.2. The quantitative estimate of drug-likeness (QED) is 0.886. The van der Waals surface area contributed by atoms with Crippen molar-refractivity contribution in [3.8, 4) is 5.75 Å². The molecule has 2 N–H and O–H groups in total. The summed E-state index contributed by atoms with van der Waals surface area (Å²) in [6.45, 7) is 0. The Hall–Kier alpha value is -1.92. The minimum Gasteiger partial charge on any atom is -0.404 e. The van der Waals surface area contributed by atoms with Crippen LogP contribution in [0, 0.1) is 0 Å². The number of halogens is 3. The number of nitrogens with two attached hydrogens (primary N) is 1. The van der Waals surface area contributed by atoms with E-state index >= 15 is 0 Å². The lowest BCUT2D eigenvalue weighted by Gasteiger charge is -2.19. The SMILES string of the molecule is CN(C)c1ccc(C(N)=O)cc1OC(F)(F)F. The van der Waals surface area contributed by atoms with Gasteiger partial charge in [-0.3, -0.25) is 4.79 Å². The number of nitrogens with zero attached hydrogens (tertiary/aromatic N) is 1. The molecule has 0 atom stereocenters. The van der Waals surface area contributed by atoms with Crippen LogP contribution in [0.15, 0.2) is 18.2 Å². The van der Waals surface area contributed by atoms with Crippen LogP contribution in [0.5, 0.6) is 5.75 Å². The minimum atomic E-state index is -4.82. The number of carbonyl (C=O) groups excluding carboxylic acids is 1. The number of primary amides is 1. The van der Waals surface area contributed by atoms with Gasteiger partial charge >= 0.3 is 6.36 Å². The van der Waals surface area contributed by atoms with Gasteiger partial charge in [-0.25, -0.2) is 0 Å². The zero-order valence-corrected chi connectivity index (χ0v) is 9.21. The molecule has 0 bridgehead atoms. The van der Waals surface area contributed by atoms with Gasteiger partial charge in [-0.15, -0.1) is 13.2 Å². The third-order valence-electron chi connectivity index (χ3n) is 1.95. The number of carbonyl (C=O) groups is 1. The average Bonchev–Trinajstić information content (AvgIpc) is 2.14. The predicted molar refractivity (Wildman–Crippen MR) is 56.0 cm³/mol. The molecule has 1 aromatic carbocycles. The lowest BCUT2D eigenvalue weighted by molar-refractivity contribution is -0.274. The Bertz CT molecular complexity index is 430. The maximum atomic E-state index is 12.2. The van der Waals surface area contributed by atoms with Crippen molar-refractivity contribution in [3.63, 3.8) is 0 Å². The molecule has 0 saturated heterocycles. The van der Waals surface area contributed by atoms with Crippen molar-refractivity contribution >= 4 is 11.6 Å². The molecule has 94 valence electrons. The van der Waals surface area contributed by atoms with E-state index in [1.54, 1.807) is 14.1 Å². The molecule has 1 aromatic rings. The van der Waals surface area contributed by atoms with Gasteiger partial charge in [0.1, 0.15) is 0 Å². The summed E-state index contributed by atoms with van der Waals surface area (Å²) in [6.07, 6.45) is -4.82. The van der Waals surface area contributed by atoms with E-state index in [1.807, 2.05) is 0 Å². The van der Waals surface area contributed by atoms with Gasteiger partial charge in [-0.1, -0.05) is 0 Å². The summed E-state index contributed by atoms with van der Waals surface area (Å²) in [5.74, 6) is -1.28. The topological polar surface area (TPSA) is 55.6 Å². The number of anilines is 1. The largest absolute Gasteiger partial charge is 0.573 e. The highest BCUT2D eigenvalue weighted by Gasteiger charge is 2.32. The van der Waals surface area contributed by atoms with Crippen LogP contribution >= 0.6 is 0 Å². The number of hydrogen-bond donors (Lipinski definition) is 1. The highest BCUT2D eigenvalue weighted by molar-refractivity contribution is 5.94. The zero-order valence-electron chi connectivity index (χ0n) is 9.21. The molecular formula is C10H11F3N2O2. The lowest BCUT2D eigenvalue weighted by atomic mass is 10.1. The number of hydrogen-bond acceptors (Lipinski definition) is 3. The smallest absolute Gasteiger partial charge is 0.404 e. The van der Waals surface area contributed by atoms with E-state index in [9.17, 15) is 18.0 Å². The number of alkyl halides is 3. The fourth-order valence-electron chi connectivity index (χ4n) is 1.24. The first-order valence-electron chi connectivity index (χ1n) is 4.57. The highest BCUT2D eigenvalue weighted by Crippen LogP contribution is 2.32. The first-order valence-corrected chi connectivity index (χ1v) is 4.57. The molecule has 0 heterocycles. The molecule has 0 aliphatic rings. The van der Waals surface area contributed by atoms with Crippen molar-refractivity contribution in [2.24, 2.45) is 5.73 Å². The van der Waals surface area contributed by atoms with Gasteiger partial charge in [0.15, 0.2) is 5.75 Å². The molecule has 0 fully saturated rings. The van der Waals surface area contributed by atoms with Crippen LogP contribution in [0.1, 0.15) is 10.4 Å². The van der Waals surface area contributed by atoms with Gasteiger partial charge in [-0.2, -0.15) is 0 Å². The maximum Gasteiger partial charge on any atom is 0.573 e. The summed E-state index contributed by atoms with van der Waals surface area (Å²) in [6, 6.07) is 3.63. The van der Waals surface area contributed by atoms with Crippen LogP contribution in [0.4, 0.5) is 18.9 Å². The number of benzene rings is 1. The summed E-state index contributed by atoms with van der Waals surface area (Å²) in [4.78, 5) is 12.3. The fourth-order valence-corrected chi connectivity index (χ4v) is 1.24. The standard InChI is InChI=1S/C10H11F3N2O2/c1-15(2)7-4-3-6(9(14)16)5-8(7)17-10(11,12)13/h3-5H,1-2H3,(H2,14,16). The molecule has 0 radical (unpaired) electrons. The van der Waals surface area contributed by atoms with Crippen LogP contribution in [-0.2, 0) is 0 Å². The Morgan fingerprint density at radius 3 is 2.35 bits per heavy atom. The van der Waals surface area contributed by atoms with Crippen molar-refractivity contribution in [1.29, 1.82) is 0 Å². The molecule has 7 heteroatoms. The summed E-state index contributed by atoms with van der Waals surface area (Å²) < 4.78 is 40.3. The molecule has 0 spiro atoms. The molecule has 17 heavy (non-hydrogen) atoms. The Kier molecular flexibility index (Phi) is 3.50. The summed E-state index contributed by atoms with van der Waals surface area (Å²) in [5, 5.41) is 0. The Morgan fingerprint density at radius 1 is 1.35 bits per heavy atom.